The third-order valence-corrected chi connectivity index (χ3v) is 1.16. The number of carbonyl (C=O) groups is 2. The van der Waals surface area contributed by atoms with Crippen LogP contribution in [-0.4, -0.2) is 25.3 Å². The van der Waals surface area contributed by atoms with E-state index in [-0.39, 0.29) is 11.7 Å². The molecule has 0 aliphatic heterocycles. The Hall–Kier alpha value is -0.940. The van der Waals surface area contributed by atoms with Gasteiger partial charge in [-0.1, -0.05) is 13.8 Å². The quantitative estimate of drug-likeness (QED) is 0.598. The highest BCUT2D eigenvalue weighted by Gasteiger charge is 1.93. The van der Waals surface area contributed by atoms with Crippen molar-refractivity contribution in [1.82, 2.24) is 5.48 Å². The Morgan fingerprint density at radius 3 is 2.00 bits per heavy atom. The number of hydroxylamine groups is 1. The predicted octanol–water partition coefficient (Wildman–Crippen LogP) is -0.00180. The highest BCUT2D eigenvalue weighted by atomic mass is 16.6. The average molecular weight is 190 g/mol. The van der Waals surface area contributed by atoms with Crippen LogP contribution >= 0.6 is 0 Å². The number of hydrogen-bond acceptors (Lipinski definition) is 4. The number of ketones is 1. The van der Waals surface area contributed by atoms with Crippen molar-refractivity contribution >= 4 is 11.7 Å². The van der Waals surface area contributed by atoms with Crippen LogP contribution in [-0.2, 0) is 14.4 Å². The van der Waals surface area contributed by atoms with Crippen LogP contribution in [0.5, 0.6) is 0 Å². The third-order valence-electron chi connectivity index (χ3n) is 1.16. The SMILES string of the molecule is CCC(=O)CNOC.CCC(N)=O. The van der Waals surface area contributed by atoms with Gasteiger partial charge in [0.2, 0.25) is 5.91 Å². The lowest BCUT2D eigenvalue weighted by molar-refractivity contribution is -0.120. The first-order valence-electron chi connectivity index (χ1n) is 4.14. The number of rotatable bonds is 5. The molecule has 0 bridgehead atoms. The van der Waals surface area contributed by atoms with E-state index in [1.165, 1.54) is 7.11 Å². The Balaban J connectivity index is 0. The highest BCUT2D eigenvalue weighted by molar-refractivity contribution is 5.79. The highest BCUT2D eigenvalue weighted by Crippen LogP contribution is 1.75. The van der Waals surface area contributed by atoms with Crippen LogP contribution in [0.4, 0.5) is 0 Å². The van der Waals surface area contributed by atoms with Gasteiger partial charge in [-0.2, -0.15) is 5.48 Å². The molecule has 0 fully saturated rings. The molecule has 0 aromatic carbocycles. The molecule has 13 heavy (non-hydrogen) atoms. The Morgan fingerprint density at radius 1 is 1.31 bits per heavy atom. The van der Waals surface area contributed by atoms with E-state index in [2.05, 4.69) is 16.1 Å². The van der Waals surface area contributed by atoms with Crippen molar-refractivity contribution in [3.8, 4) is 0 Å². The van der Waals surface area contributed by atoms with Crippen molar-refractivity contribution < 1.29 is 14.4 Å². The Morgan fingerprint density at radius 2 is 1.77 bits per heavy atom. The molecule has 0 radical (unpaired) electrons. The second-order valence-electron chi connectivity index (χ2n) is 2.24. The smallest absolute Gasteiger partial charge is 0.217 e. The van der Waals surface area contributed by atoms with Crippen LogP contribution in [0.3, 0.4) is 0 Å². The van der Waals surface area contributed by atoms with Gasteiger partial charge < -0.3 is 10.6 Å². The summed E-state index contributed by atoms with van der Waals surface area (Å²) in [6.45, 7) is 3.86. The van der Waals surface area contributed by atoms with Crippen molar-refractivity contribution in [2.24, 2.45) is 5.73 Å². The topological polar surface area (TPSA) is 81.4 Å². The number of amides is 1. The lowest BCUT2D eigenvalue weighted by atomic mass is 10.3. The summed E-state index contributed by atoms with van der Waals surface area (Å²) in [6, 6.07) is 0. The molecule has 0 aliphatic carbocycles. The maximum absolute atomic E-state index is 10.4. The van der Waals surface area contributed by atoms with E-state index in [0.29, 0.717) is 19.4 Å². The van der Waals surface area contributed by atoms with Crippen LogP contribution in [0, 0.1) is 0 Å². The molecule has 0 saturated carbocycles. The van der Waals surface area contributed by atoms with Crippen LogP contribution < -0.4 is 11.2 Å². The van der Waals surface area contributed by atoms with E-state index < -0.39 is 0 Å². The van der Waals surface area contributed by atoms with Gasteiger partial charge in [0.05, 0.1) is 13.7 Å². The molecular weight excluding hydrogens is 172 g/mol. The van der Waals surface area contributed by atoms with E-state index in [9.17, 15) is 9.59 Å². The van der Waals surface area contributed by atoms with Crippen molar-refractivity contribution in [3.63, 3.8) is 0 Å². The zero-order chi connectivity index (χ0) is 10.7. The van der Waals surface area contributed by atoms with E-state index in [1.54, 1.807) is 6.92 Å². The van der Waals surface area contributed by atoms with Crippen molar-refractivity contribution in [3.05, 3.63) is 0 Å². The Bertz CT molecular complexity index is 148. The van der Waals surface area contributed by atoms with Gasteiger partial charge in [0, 0.05) is 12.8 Å². The van der Waals surface area contributed by atoms with Crippen molar-refractivity contribution in [2.45, 2.75) is 26.7 Å². The monoisotopic (exact) mass is 190 g/mol. The second kappa shape index (κ2) is 11.1. The predicted molar refractivity (Wildman–Crippen MR) is 49.8 cm³/mol. The molecule has 0 atom stereocenters. The molecule has 0 rings (SSSR count). The molecular formula is C8H18N2O3. The number of primary amides is 1. The van der Waals surface area contributed by atoms with Crippen LogP contribution in [0.25, 0.3) is 0 Å². The number of hydrogen-bond donors (Lipinski definition) is 2. The first kappa shape index (κ1) is 14.6. The molecule has 0 spiro atoms. The first-order chi connectivity index (χ1) is 6.08. The van der Waals surface area contributed by atoms with Crippen molar-refractivity contribution in [1.29, 1.82) is 0 Å². The Labute approximate surface area is 78.6 Å². The van der Waals surface area contributed by atoms with Gasteiger partial charge in [-0.3, -0.25) is 9.59 Å². The molecule has 0 unspecified atom stereocenters. The zero-order valence-electron chi connectivity index (χ0n) is 8.42. The molecule has 0 heterocycles. The minimum Gasteiger partial charge on any atom is -0.370 e. The van der Waals surface area contributed by atoms with Crippen molar-refractivity contribution in [2.75, 3.05) is 13.7 Å². The summed E-state index contributed by atoms with van der Waals surface area (Å²) in [7, 11) is 1.49. The first-order valence-corrected chi connectivity index (χ1v) is 4.14. The largest absolute Gasteiger partial charge is 0.370 e. The zero-order valence-corrected chi connectivity index (χ0v) is 8.42. The molecule has 0 aliphatic rings. The Kier molecular flexibility index (Phi) is 12.4. The van der Waals surface area contributed by atoms with Gasteiger partial charge in [-0.05, 0) is 0 Å². The van der Waals surface area contributed by atoms with Gasteiger partial charge in [0.25, 0.3) is 0 Å². The normalized spacial score (nSPS) is 8.54. The molecule has 5 heteroatoms. The van der Waals surface area contributed by atoms with Crippen LogP contribution in [0.15, 0.2) is 0 Å². The number of carbonyl (C=O) groups excluding carboxylic acids is 2. The summed E-state index contributed by atoms with van der Waals surface area (Å²) in [5.41, 5.74) is 7.10. The summed E-state index contributed by atoms with van der Waals surface area (Å²) in [4.78, 5) is 24.5. The average Bonchev–Trinajstić information content (AvgIpc) is 2.15. The fourth-order valence-corrected chi connectivity index (χ4v) is 0.278. The minimum absolute atomic E-state index is 0.159. The lowest BCUT2D eigenvalue weighted by Gasteiger charge is -1.95. The second-order valence-corrected chi connectivity index (χ2v) is 2.24. The van der Waals surface area contributed by atoms with E-state index in [0.717, 1.165) is 0 Å². The molecule has 5 nitrogen and oxygen atoms in total. The van der Waals surface area contributed by atoms with Gasteiger partial charge in [-0.25, -0.2) is 0 Å². The van der Waals surface area contributed by atoms with Crippen LogP contribution in [0.1, 0.15) is 26.7 Å². The summed E-state index contributed by atoms with van der Waals surface area (Å²) >= 11 is 0. The standard InChI is InChI=1S/C5H11NO2.C3H7NO/c1-3-5(7)4-6-8-2;1-2-3(4)5/h6H,3-4H2,1-2H3;2H2,1H3,(H2,4,5). The summed E-state index contributed by atoms with van der Waals surface area (Å²) in [5.74, 6) is -0.0862. The summed E-state index contributed by atoms with van der Waals surface area (Å²) < 4.78 is 0. The van der Waals surface area contributed by atoms with Gasteiger partial charge in [0.15, 0.2) is 0 Å². The van der Waals surface area contributed by atoms with Gasteiger partial charge in [-0.15, -0.1) is 0 Å². The third kappa shape index (κ3) is 18.2. The van der Waals surface area contributed by atoms with Crippen LogP contribution in [0.2, 0.25) is 0 Å². The molecule has 78 valence electrons. The number of nitrogens with one attached hydrogen (secondary N) is 1. The molecule has 0 aromatic rings. The van der Waals surface area contributed by atoms with Gasteiger partial charge >= 0.3 is 0 Å². The maximum Gasteiger partial charge on any atom is 0.217 e. The summed E-state index contributed by atoms with van der Waals surface area (Å²) in [6.07, 6.45) is 1.01. The van der Waals surface area contributed by atoms with E-state index >= 15 is 0 Å². The maximum atomic E-state index is 10.4. The van der Waals surface area contributed by atoms with Gasteiger partial charge in [0.1, 0.15) is 5.78 Å². The molecule has 0 aromatic heterocycles. The fourth-order valence-electron chi connectivity index (χ4n) is 0.278. The molecule has 1 amide bonds. The van der Waals surface area contributed by atoms with E-state index in [1.807, 2.05) is 6.92 Å². The molecule has 0 saturated heterocycles. The summed E-state index contributed by atoms with van der Waals surface area (Å²) in [5, 5.41) is 0. The number of nitrogens with two attached hydrogens (primary N) is 1. The fraction of sp³-hybridized carbons (Fsp3) is 0.750. The lowest BCUT2D eigenvalue weighted by Crippen LogP contribution is -2.20. The molecule has 3 N–H and O–H groups in total. The number of Topliss-reactive ketones (excluding diaryl/α,β-unsaturated/α-hetero) is 1. The minimum atomic E-state index is -0.245. The van der Waals surface area contributed by atoms with E-state index in [4.69, 9.17) is 0 Å².